The number of nitrogens with zero attached hydrogens (tertiary/aromatic N) is 2. The van der Waals surface area contributed by atoms with E-state index < -0.39 is 12.2 Å². The topological polar surface area (TPSA) is 27.1 Å². The number of halogens is 4. The predicted molar refractivity (Wildman–Crippen MR) is 39.7 cm³/mol. The van der Waals surface area contributed by atoms with Gasteiger partial charge in [-0.1, -0.05) is 11.6 Å². The van der Waals surface area contributed by atoms with E-state index in [0.717, 1.165) is 6.20 Å². The van der Waals surface area contributed by atoms with E-state index in [0.29, 0.717) is 0 Å². The molecule has 0 unspecified atom stereocenters. The second-order valence-electron chi connectivity index (χ2n) is 2.11. The molecule has 1 aromatic heterocycles. The minimum atomic E-state index is -4.60. The molecule has 0 saturated carbocycles. The predicted octanol–water partition coefficient (Wildman–Crippen LogP) is 2.41. The van der Waals surface area contributed by atoms with Crippen molar-refractivity contribution in [2.24, 2.45) is 0 Å². The van der Waals surface area contributed by atoms with Gasteiger partial charge in [0.05, 0.1) is 12.8 Å². The second kappa shape index (κ2) is 3.45. The smallest absolute Gasteiger partial charge is 0.477 e. The van der Waals surface area contributed by atoms with Crippen molar-refractivity contribution in [3.63, 3.8) is 0 Å². The Morgan fingerprint density at radius 3 is 2.69 bits per heavy atom. The van der Waals surface area contributed by atoms with Crippen molar-refractivity contribution >= 4 is 11.6 Å². The van der Waals surface area contributed by atoms with Gasteiger partial charge in [0.2, 0.25) is 5.88 Å². The fraction of sp³-hybridized carbons (Fsp3) is 0.500. The summed E-state index contributed by atoms with van der Waals surface area (Å²) in [5.41, 5.74) is 0. The van der Waals surface area contributed by atoms with E-state index in [9.17, 15) is 13.2 Å². The first-order chi connectivity index (χ1) is 5.96. The highest BCUT2D eigenvalue weighted by Gasteiger charge is 2.36. The van der Waals surface area contributed by atoms with Crippen LogP contribution in [0.2, 0.25) is 5.02 Å². The second-order valence-corrected chi connectivity index (χ2v) is 2.52. The van der Waals surface area contributed by atoms with E-state index in [1.54, 1.807) is 6.92 Å². The summed E-state index contributed by atoms with van der Waals surface area (Å²) in [5.74, 6) is -0.475. The summed E-state index contributed by atoms with van der Waals surface area (Å²) in [5, 5.41) is 2.89. The number of hydrogen-bond donors (Lipinski definition) is 0. The van der Waals surface area contributed by atoms with Crippen molar-refractivity contribution < 1.29 is 17.9 Å². The fourth-order valence-electron chi connectivity index (χ4n) is 0.765. The van der Waals surface area contributed by atoms with Crippen LogP contribution in [0.1, 0.15) is 6.92 Å². The molecule has 1 heterocycles. The Morgan fingerprint density at radius 1 is 1.62 bits per heavy atom. The van der Waals surface area contributed by atoms with Crippen LogP contribution in [0.25, 0.3) is 0 Å². The van der Waals surface area contributed by atoms with E-state index in [1.165, 1.54) is 0 Å². The van der Waals surface area contributed by atoms with E-state index >= 15 is 0 Å². The highest BCUT2D eigenvalue weighted by Crippen LogP contribution is 2.32. The number of ether oxygens (including phenoxy) is 1. The third kappa shape index (κ3) is 2.06. The lowest BCUT2D eigenvalue weighted by Gasteiger charge is -2.10. The third-order valence-corrected chi connectivity index (χ3v) is 1.46. The van der Waals surface area contributed by atoms with Gasteiger partial charge in [-0.05, 0) is 6.92 Å². The average Bonchev–Trinajstić information content (AvgIpc) is 2.32. The summed E-state index contributed by atoms with van der Waals surface area (Å²) in [6.07, 6.45) is -3.71. The van der Waals surface area contributed by atoms with Gasteiger partial charge in [0.15, 0.2) is 0 Å². The van der Waals surface area contributed by atoms with Crippen molar-refractivity contribution in [3.05, 3.63) is 11.2 Å². The lowest BCUT2D eigenvalue weighted by atomic mass is 10.6. The molecule has 13 heavy (non-hydrogen) atoms. The Morgan fingerprint density at radius 2 is 2.23 bits per heavy atom. The summed E-state index contributed by atoms with van der Waals surface area (Å²) in [6.45, 7) is 1.66. The fourth-order valence-corrected chi connectivity index (χ4v) is 0.943. The van der Waals surface area contributed by atoms with Gasteiger partial charge >= 0.3 is 6.30 Å². The molecule has 0 aliphatic rings. The molecular formula is C6H6ClF3N2O. The van der Waals surface area contributed by atoms with Crippen LogP contribution in [0.4, 0.5) is 13.2 Å². The number of aromatic nitrogens is 2. The van der Waals surface area contributed by atoms with Crippen LogP contribution in [0, 0.1) is 0 Å². The van der Waals surface area contributed by atoms with Crippen LogP contribution in [-0.4, -0.2) is 16.4 Å². The van der Waals surface area contributed by atoms with Gasteiger partial charge in [-0.2, -0.15) is 5.10 Å². The molecule has 1 rings (SSSR count). The molecule has 0 atom stereocenters. The Kier molecular flexibility index (Phi) is 2.70. The molecule has 0 N–H and O–H groups in total. The molecule has 74 valence electrons. The molecule has 0 radical (unpaired) electrons. The summed E-state index contributed by atoms with van der Waals surface area (Å²) in [7, 11) is 0. The quantitative estimate of drug-likeness (QED) is 0.756. The van der Waals surface area contributed by atoms with E-state index in [1.807, 2.05) is 0 Å². The Bertz CT molecular complexity index is 297. The van der Waals surface area contributed by atoms with Gasteiger partial charge in [-0.15, -0.1) is 17.9 Å². The lowest BCUT2D eigenvalue weighted by Crippen LogP contribution is -2.19. The largest absolute Gasteiger partial charge is 0.507 e. The molecule has 1 aromatic rings. The standard InChI is InChI=1S/C6H6ClF3N2O/c1-2-13-5-4(7)3-11-12(5)6(8,9)10/h3H,2H2,1H3. The molecule has 0 aliphatic heterocycles. The van der Waals surface area contributed by atoms with Crippen LogP contribution in [0.5, 0.6) is 5.88 Å². The zero-order valence-electron chi connectivity index (χ0n) is 6.60. The first-order valence-electron chi connectivity index (χ1n) is 3.40. The van der Waals surface area contributed by atoms with Crippen molar-refractivity contribution in [2.45, 2.75) is 13.2 Å². The molecule has 0 aliphatic carbocycles. The molecule has 0 amide bonds. The van der Waals surface area contributed by atoms with Crippen LogP contribution in [0.15, 0.2) is 6.20 Å². The van der Waals surface area contributed by atoms with Crippen LogP contribution < -0.4 is 4.74 Å². The highest BCUT2D eigenvalue weighted by molar-refractivity contribution is 6.31. The molecule has 0 spiro atoms. The molecule has 0 aromatic carbocycles. The van der Waals surface area contributed by atoms with Gasteiger partial charge in [0.25, 0.3) is 0 Å². The van der Waals surface area contributed by atoms with Crippen LogP contribution in [-0.2, 0) is 6.30 Å². The lowest BCUT2D eigenvalue weighted by molar-refractivity contribution is -0.215. The molecule has 7 heteroatoms. The maximum absolute atomic E-state index is 12.1. The summed E-state index contributed by atoms with van der Waals surface area (Å²) < 4.78 is 40.9. The highest BCUT2D eigenvalue weighted by atomic mass is 35.5. The molecule has 3 nitrogen and oxygen atoms in total. The zero-order chi connectivity index (χ0) is 10.1. The van der Waals surface area contributed by atoms with Gasteiger partial charge in [0, 0.05) is 0 Å². The average molecular weight is 215 g/mol. The zero-order valence-corrected chi connectivity index (χ0v) is 7.35. The first kappa shape index (κ1) is 10.2. The number of hydrogen-bond acceptors (Lipinski definition) is 2. The SMILES string of the molecule is CCOc1c(Cl)cnn1C(F)(F)F. The Balaban J connectivity index is 3.07. The van der Waals surface area contributed by atoms with Gasteiger partial charge < -0.3 is 4.74 Å². The Hall–Kier alpha value is -0.910. The maximum atomic E-state index is 12.1. The van der Waals surface area contributed by atoms with E-state index in [2.05, 4.69) is 9.84 Å². The third-order valence-electron chi connectivity index (χ3n) is 1.20. The summed E-state index contributed by atoms with van der Waals surface area (Å²) in [6, 6.07) is 0. The summed E-state index contributed by atoms with van der Waals surface area (Å²) >= 11 is 5.42. The molecule has 0 saturated heterocycles. The van der Waals surface area contributed by atoms with Crippen LogP contribution >= 0.6 is 11.6 Å². The maximum Gasteiger partial charge on any atom is 0.507 e. The van der Waals surface area contributed by atoms with Gasteiger partial charge in [0.1, 0.15) is 5.02 Å². The molecule has 0 bridgehead atoms. The van der Waals surface area contributed by atoms with Crippen molar-refractivity contribution in [2.75, 3.05) is 6.61 Å². The van der Waals surface area contributed by atoms with Crippen molar-refractivity contribution in [3.8, 4) is 5.88 Å². The van der Waals surface area contributed by atoms with Gasteiger partial charge in [-0.25, -0.2) is 0 Å². The molecular weight excluding hydrogens is 209 g/mol. The minimum absolute atomic E-state index is 0.0987. The van der Waals surface area contributed by atoms with E-state index in [4.69, 9.17) is 11.6 Å². The van der Waals surface area contributed by atoms with Crippen molar-refractivity contribution in [1.29, 1.82) is 0 Å². The van der Waals surface area contributed by atoms with Gasteiger partial charge in [-0.3, -0.25) is 0 Å². The first-order valence-corrected chi connectivity index (χ1v) is 3.78. The summed E-state index contributed by atoms with van der Waals surface area (Å²) in [4.78, 5) is 0. The number of rotatable bonds is 2. The normalized spacial score (nSPS) is 11.8. The Labute approximate surface area is 77.0 Å². The minimum Gasteiger partial charge on any atom is -0.477 e. The monoisotopic (exact) mass is 214 g/mol. The number of alkyl halides is 3. The van der Waals surface area contributed by atoms with Crippen molar-refractivity contribution in [1.82, 2.24) is 9.78 Å². The van der Waals surface area contributed by atoms with Crippen LogP contribution in [0.3, 0.4) is 0 Å². The molecule has 0 fully saturated rings. The van der Waals surface area contributed by atoms with E-state index in [-0.39, 0.29) is 16.3 Å².